The summed E-state index contributed by atoms with van der Waals surface area (Å²) in [5.74, 6) is 1.14. The van der Waals surface area contributed by atoms with E-state index in [1.165, 1.54) is 37.0 Å². The molecule has 2 aromatic carbocycles. The molecule has 3 fully saturated rings. The predicted octanol–water partition coefficient (Wildman–Crippen LogP) is 4.66. The summed E-state index contributed by atoms with van der Waals surface area (Å²) in [6.07, 6.45) is 6.40. The second-order valence-corrected chi connectivity index (χ2v) is 9.52. The van der Waals surface area contributed by atoms with Gasteiger partial charge in [0.2, 0.25) is 5.91 Å². The number of hydrogen-bond donors (Lipinski definition) is 0. The maximum Gasteiger partial charge on any atom is 0.227 e. The third-order valence-corrected chi connectivity index (χ3v) is 7.70. The van der Waals surface area contributed by atoms with Crippen LogP contribution in [0, 0.1) is 17.7 Å². The van der Waals surface area contributed by atoms with Crippen molar-refractivity contribution in [3.63, 3.8) is 0 Å². The van der Waals surface area contributed by atoms with Gasteiger partial charge in [-0.05, 0) is 42.0 Å². The SMILES string of the molecule is O=C(Cc1ccc(F)cc1)N1CC2CN(Cc3ccccc3)CC2C12CCCCC2. The van der Waals surface area contributed by atoms with E-state index in [-0.39, 0.29) is 17.3 Å². The molecule has 0 bridgehead atoms. The molecule has 4 heteroatoms. The first-order valence-electron chi connectivity index (χ1n) is 11.5. The molecule has 1 spiro atoms. The minimum absolute atomic E-state index is 0.0332. The van der Waals surface area contributed by atoms with E-state index >= 15 is 0 Å². The van der Waals surface area contributed by atoms with Crippen LogP contribution in [0.15, 0.2) is 54.6 Å². The van der Waals surface area contributed by atoms with Gasteiger partial charge in [-0.1, -0.05) is 61.7 Å². The Bertz CT molecular complexity index is 876. The lowest BCUT2D eigenvalue weighted by Crippen LogP contribution is -2.53. The van der Waals surface area contributed by atoms with Crippen LogP contribution in [-0.2, 0) is 17.8 Å². The lowest BCUT2D eigenvalue weighted by molar-refractivity contribution is -0.137. The molecule has 1 amide bonds. The van der Waals surface area contributed by atoms with Gasteiger partial charge in [-0.3, -0.25) is 9.69 Å². The summed E-state index contributed by atoms with van der Waals surface area (Å²) in [5.41, 5.74) is 2.32. The molecule has 2 aliphatic heterocycles. The molecule has 5 rings (SSSR count). The summed E-state index contributed by atoms with van der Waals surface area (Å²) in [7, 11) is 0. The number of hydrogen-bond acceptors (Lipinski definition) is 2. The van der Waals surface area contributed by atoms with Crippen LogP contribution in [0.2, 0.25) is 0 Å². The summed E-state index contributed by atoms with van der Waals surface area (Å²) < 4.78 is 13.3. The largest absolute Gasteiger partial charge is 0.336 e. The molecule has 2 atom stereocenters. The van der Waals surface area contributed by atoms with Crippen LogP contribution in [0.4, 0.5) is 4.39 Å². The molecule has 3 nitrogen and oxygen atoms in total. The maximum absolute atomic E-state index is 13.4. The zero-order valence-corrected chi connectivity index (χ0v) is 17.6. The molecule has 0 N–H and O–H groups in total. The standard InChI is InChI=1S/C26H31FN2O/c27-23-11-9-20(10-12-23)15-25(30)29-18-22-17-28(16-21-7-3-1-4-8-21)19-24(22)26(29)13-5-2-6-14-26/h1,3-4,7-12,22,24H,2,5-6,13-19H2. The van der Waals surface area contributed by atoms with Gasteiger partial charge >= 0.3 is 0 Å². The average Bonchev–Trinajstić information content (AvgIpc) is 3.29. The normalized spacial score (nSPS) is 25.6. The van der Waals surface area contributed by atoms with Gasteiger partial charge in [0.1, 0.15) is 5.82 Å². The van der Waals surface area contributed by atoms with E-state index in [2.05, 4.69) is 40.1 Å². The molecule has 1 aliphatic carbocycles. The van der Waals surface area contributed by atoms with E-state index in [0.717, 1.165) is 44.6 Å². The Balaban J connectivity index is 1.33. The van der Waals surface area contributed by atoms with Gasteiger partial charge in [0.25, 0.3) is 0 Å². The predicted molar refractivity (Wildman–Crippen MR) is 116 cm³/mol. The van der Waals surface area contributed by atoms with Crippen LogP contribution in [0.25, 0.3) is 0 Å². The minimum Gasteiger partial charge on any atom is -0.336 e. The molecule has 0 radical (unpaired) electrons. The Morgan fingerprint density at radius 2 is 1.63 bits per heavy atom. The van der Waals surface area contributed by atoms with Gasteiger partial charge in [0.05, 0.1) is 6.42 Å². The molecule has 2 saturated heterocycles. The second kappa shape index (κ2) is 8.14. The Morgan fingerprint density at radius 3 is 2.37 bits per heavy atom. The maximum atomic E-state index is 13.4. The average molecular weight is 407 g/mol. The van der Waals surface area contributed by atoms with Crippen LogP contribution in [0.5, 0.6) is 0 Å². The zero-order valence-electron chi connectivity index (χ0n) is 17.6. The molecule has 1 saturated carbocycles. The highest BCUT2D eigenvalue weighted by Gasteiger charge is 2.57. The first-order chi connectivity index (χ1) is 14.6. The quantitative estimate of drug-likeness (QED) is 0.737. The Kier molecular flexibility index (Phi) is 5.36. The highest BCUT2D eigenvalue weighted by Crippen LogP contribution is 2.51. The van der Waals surface area contributed by atoms with Crippen molar-refractivity contribution >= 4 is 5.91 Å². The number of halogens is 1. The third kappa shape index (κ3) is 3.66. The van der Waals surface area contributed by atoms with Crippen LogP contribution in [0.3, 0.4) is 0 Å². The van der Waals surface area contributed by atoms with E-state index in [0.29, 0.717) is 18.3 Å². The lowest BCUT2D eigenvalue weighted by Gasteiger charge is -2.45. The number of carbonyl (C=O) groups excluding carboxylic acids is 1. The van der Waals surface area contributed by atoms with E-state index < -0.39 is 0 Å². The lowest BCUT2D eigenvalue weighted by atomic mass is 9.71. The van der Waals surface area contributed by atoms with Gasteiger partial charge < -0.3 is 4.90 Å². The number of amides is 1. The first-order valence-corrected chi connectivity index (χ1v) is 11.5. The summed E-state index contributed by atoms with van der Waals surface area (Å²) in [6.45, 7) is 4.07. The molecule has 3 aliphatic rings. The summed E-state index contributed by atoms with van der Waals surface area (Å²) >= 11 is 0. The van der Waals surface area contributed by atoms with Crippen molar-refractivity contribution < 1.29 is 9.18 Å². The van der Waals surface area contributed by atoms with E-state index in [9.17, 15) is 9.18 Å². The molecule has 0 aromatic heterocycles. The molecule has 2 unspecified atom stereocenters. The van der Waals surface area contributed by atoms with Crippen molar-refractivity contribution in [2.24, 2.45) is 11.8 Å². The fourth-order valence-corrected chi connectivity index (χ4v) is 6.37. The molecule has 158 valence electrons. The Hall–Kier alpha value is -2.20. The van der Waals surface area contributed by atoms with E-state index in [4.69, 9.17) is 0 Å². The smallest absolute Gasteiger partial charge is 0.227 e. The van der Waals surface area contributed by atoms with Gasteiger partial charge in [0.15, 0.2) is 0 Å². The van der Waals surface area contributed by atoms with Gasteiger partial charge in [-0.25, -0.2) is 4.39 Å². The zero-order chi connectivity index (χ0) is 20.6. The number of fused-ring (bicyclic) bond motifs is 2. The van der Waals surface area contributed by atoms with Gasteiger partial charge in [-0.15, -0.1) is 0 Å². The van der Waals surface area contributed by atoms with Crippen molar-refractivity contribution in [3.8, 4) is 0 Å². The van der Waals surface area contributed by atoms with Crippen LogP contribution in [0.1, 0.15) is 43.2 Å². The van der Waals surface area contributed by atoms with Gasteiger partial charge in [0, 0.05) is 37.6 Å². The van der Waals surface area contributed by atoms with E-state index in [1.54, 1.807) is 12.1 Å². The van der Waals surface area contributed by atoms with E-state index in [1.807, 2.05) is 0 Å². The highest BCUT2D eigenvalue weighted by atomic mass is 19.1. The fraction of sp³-hybridized carbons (Fsp3) is 0.500. The number of benzene rings is 2. The number of carbonyl (C=O) groups is 1. The van der Waals surface area contributed by atoms with Crippen molar-refractivity contribution in [1.82, 2.24) is 9.80 Å². The Morgan fingerprint density at radius 1 is 0.900 bits per heavy atom. The van der Waals surface area contributed by atoms with Gasteiger partial charge in [-0.2, -0.15) is 0 Å². The van der Waals surface area contributed by atoms with Crippen molar-refractivity contribution in [2.75, 3.05) is 19.6 Å². The highest BCUT2D eigenvalue weighted by molar-refractivity contribution is 5.80. The second-order valence-electron chi connectivity index (χ2n) is 9.52. The first kappa shape index (κ1) is 19.7. The fourth-order valence-electron chi connectivity index (χ4n) is 6.37. The van der Waals surface area contributed by atoms with Crippen LogP contribution in [-0.4, -0.2) is 40.9 Å². The molecular weight excluding hydrogens is 375 g/mol. The number of nitrogens with zero attached hydrogens (tertiary/aromatic N) is 2. The molecule has 2 heterocycles. The summed E-state index contributed by atoms with van der Waals surface area (Å²) in [4.78, 5) is 18.3. The van der Waals surface area contributed by atoms with Crippen LogP contribution >= 0.6 is 0 Å². The van der Waals surface area contributed by atoms with Crippen molar-refractivity contribution in [3.05, 3.63) is 71.5 Å². The number of rotatable bonds is 4. The molecule has 30 heavy (non-hydrogen) atoms. The summed E-state index contributed by atoms with van der Waals surface area (Å²) in [6, 6.07) is 17.1. The van der Waals surface area contributed by atoms with Crippen molar-refractivity contribution in [2.45, 2.75) is 50.6 Å². The minimum atomic E-state index is -0.246. The topological polar surface area (TPSA) is 23.6 Å². The molecule has 2 aromatic rings. The van der Waals surface area contributed by atoms with Crippen LogP contribution < -0.4 is 0 Å². The third-order valence-electron chi connectivity index (χ3n) is 7.70. The van der Waals surface area contributed by atoms with Crippen molar-refractivity contribution in [1.29, 1.82) is 0 Å². The summed E-state index contributed by atoms with van der Waals surface area (Å²) in [5, 5.41) is 0. The molecular formula is C26H31FN2O. The Labute approximate surface area is 178 Å². The monoisotopic (exact) mass is 406 g/mol. The number of likely N-dealkylation sites (tertiary alicyclic amines) is 2.